The first-order valence-electron chi connectivity index (χ1n) is 9.29. The third-order valence-electron chi connectivity index (χ3n) is 4.57. The third-order valence-corrected chi connectivity index (χ3v) is 4.57. The number of alkyl halides is 2. The van der Waals surface area contributed by atoms with Crippen molar-refractivity contribution in [1.82, 2.24) is 5.32 Å². The summed E-state index contributed by atoms with van der Waals surface area (Å²) in [5.74, 6) is -0.352. The maximum atomic E-state index is 12.4. The van der Waals surface area contributed by atoms with Crippen molar-refractivity contribution >= 4 is 5.91 Å². The second kappa shape index (κ2) is 10.6. The van der Waals surface area contributed by atoms with Gasteiger partial charge in [0.05, 0.1) is 20.2 Å². The van der Waals surface area contributed by atoms with Gasteiger partial charge in [0.2, 0.25) is 0 Å². The van der Waals surface area contributed by atoms with Crippen LogP contribution in [-0.4, -0.2) is 32.7 Å². The molecule has 2 aromatic carbocycles. The standard InChI is InChI=1S/C21H26F2N2O3/c1-4-25(5-2)14-16-8-6-15(7-9-16)13-24-20(26)17-10-11-18(28-21(22)23)19(12-17)27-3/h6-12,21H,4-5,13-14H2,1-3H3,(H,24,26)/p+1. The number of ether oxygens (including phenoxy) is 2. The van der Waals surface area contributed by atoms with Gasteiger partial charge in [0.15, 0.2) is 11.5 Å². The summed E-state index contributed by atoms with van der Waals surface area (Å²) in [6, 6.07) is 12.2. The summed E-state index contributed by atoms with van der Waals surface area (Å²) < 4.78 is 34.2. The molecule has 0 radical (unpaired) electrons. The maximum Gasteiger partial charge on any atom is 0.387 e. The van der Waals surface area contributed by atoms with E-state index in [1.54, 1.807) is 0 Å². The van der Waals surface area contributed by atoms with E-state index >= 15 is 0 Å². The van der Waals surface area contributed by atoms with Gasteiger partial charge in [-0.25, -0.2) is 0 Å². The largest absolute Gasteiger partial charge is 0.493 e. The van der Waals surface area contributed by atoms with Gasteiger partial charge in [-0.1, -0.05) is 24.3 Å². The molecule has 0 saturated heterocycles. The highest BCUT2D eigenvalue weighted by Crippen LogP contribution is 2.29. The number of rotatable bonds is 10. The van der Waals surface area contributed by atoms with Crippen molar-refractivity contribution < 1.29 is 27.9 Å². The molecule has 0 bridgehead atoms. The Morgan fingerprint density at radius 2 is 1.68 bits per heavy atom. The predicted octanol–water partition coefficient (Wildman–Crippen LogP) is 2.65. The Labute approximate surface area is 164 Å². The van der Waals surface area contributed by atoms with E-state index in [0.717, 1.165) is 25.2 Å². The Hall–Kier alpha value is -2.67. The molecule has 0 aliphatic rings. The third kappa shape index (κ3) is 6.20. The lowest BCUT2D eigenvalue weighted by Gasteiger charge is -2.15. The number of nitrogens with one attached hydrogen (secondary N) is 2. The van der Waals surface area contributed by atoms with Crippen molar-refractivity contribution in [2.45, 2.75) is 33.5 Å². The first kappa shape index (κ1) is 21.6. The zero-order chi connectivity index (χ0) is 20.5. The first-order valence-corrected chi connectivity index (χ1v) is 9.29. The molecule has 0 aromatic heterocycles. The zero-order valence-electron chi connectivity index (χ0n) is 16.4. The van der Waals surface area contributed by atoms with Crippen LogP contribution in [0.25, 0.3) is 0 Å². The number of hydrogen-bond acceptors (Lipinski definition) is 3. The van der Waals surface area contributed by atoms with Crippen LogP contribution in [0.3, 0.4) is 0 Å². The zero-order valence-corrected chi connectivity index (χ0v) is 16.4. The molecular formula is C21H27F2N2O3+. The van der Waals surface area contributed by atoms with Crippen LogP contribution in [-0.2, 0) is 13.1 Å². The SMILES string of the molecule is CC[NH+](CC)Cc1ccc(CNC(=O)c2ccc(OC(F)F)c(OC)c2)cc1. The second-order valence-corrected chi connectivity index (χ2v) is 6.38. The molecule has 2 N–H and O–H groups in total. The molecule has 0 spiro atoms. The minimum absolute atomic E-state index is 0.0798. The highest BCUT2D eigenvalue weighted by Gasteiger charge is 2.14. The van der Waals surface area contributed by atoms with Crippen LogP contribution in [0.1, 0.15) is 35.3 Å². The number of hydrogen-bond donors (Lipinski definition) is 2. The van der Waals surface area contributed by atoms with E-state index in [9.17, 15) is 13.6 Å². The van der Waals surface area contributed by atoms with Crippen molar-refractivity contribution in [3.8, 4) is 11.5 Å². The lowest BCUT2D eigenvalue weighted by Crippen LogP contribution is -3.10. The van der Waals surface area contributed by atoms with Gasteiger partial charge in [0.1, 0.15) is 6.54 Å². The molecule has 0 fully saturated rings. The van der Waals surface area contributed by atoms with Crippen molar-refractivity contribution in [2.75, 3.05) is 20.2 Å². The van der Waals surface area contributed by atoms with Crippen molar-refractivity contribution in [3.05, 3.63) is 59.2 Å². The highest BCUT2D eigenvalue weighted by atomic mass is 19.3. The molecule has 5 nitrogen and oxygen atoms in total. The average molecular weight is 393 g/mol. The fourth-order valence-electron chi connectivity index (χ4n) is 2.85. The summed E-state index contributed by atoms with van der Waals surface area (Å²) in [6.07, 6.45) is 0. The Balaban J connectivity index is 1.96. The Morgan fingerprint density at radius 3 is 2.25 bits per heavy atom. The van der Waals surface area contributed by atoms with Gasteiger partial charge in [-0.3, -0.25) is 4.79 Å². The summed E-state index contributed by atoms with van der Waals surface area (Å²) in [5.41, 5.74) is 2.55. The second-order valence-electron chi connectivity index (χ2n) is 6.38. The molecule has 0 unspecified atom stereocenters. The number of carbonyl (C=O) groups excluding carboxylic acids is 1. The fraction of sp³-hybridized carbons (Fsp3) is 0.381. The molecule has 28 heavy (non-hydrogen) atoms. The van der Waals surface area contributed by atoms with Crippen LogP contribution in [0.5, 0.6) is 11.5 Å². The molecule has 0 aliphatic heterocycles. The smallest absolute Gasteiger partial charge is 0.387 e. The van der Waals surface area contributed by atoms with Crippen LogP contribution >= 0.6 is 0 Å². The van der Waals surface area contributed by atoms with Crippen LogP contribution in [0, 0.1) is 0 Å². The van der Waals surface area contributed by atoms with Crippen LogP contribution in [0.4, 0.5) is 8.78 Å². The minimum atomic E-state index is -2.96. The molecule has 2 aromatic rings. The lowest BCUT2D eigenvalue weighted by atomic mass is 10.1. The van der Waals surface area contributed by atoms with E-state index in [2.05, 4.69) is 36.0 Å². The van der Waals surface area contributed by atoms with Crippen LogP contribution < -0.4 is 19.7 Å². The van der Waals surface area contributed by atoms with Crippen molar-refractivity contribution in [2.24, 2.45) is 0 Å². The van der Waals surface area contributed by atoms with E-state index in [-0.39, 0.29) is 17.4 Å². The van der Waals surface area contributed by atoms with Crippen LogP contribution in [0.2, 0.25) is 0 Å². The first-order chi connectivity index (χ1) is 13.5. The van der Waals surface area contributed by atoms with Crippen LogP contribution in [0.15, 0.2) is 42.5 Å². The fourth-order valence-corrected chi connectivity index (χ4v) is 2.85. The van der Waals surface area contributed by atoms with E-state index in [1.807, 2.05) is 12.1 Å². The molecule has 0 saturated carbocycles. The Bertz CT molecular complexity index is 763. The predicted molar refractivity (Wildman–Crippen MR) is 103 cm³/mol. The summed E-state index contributed by atoms with van der Waals surface area (Å²) >= 11 is 0. The van der Waals surface area contributed by atoms with E-state index in [4.69, 9.17) is 4.74 Å². The summed E-state index contributed by atoms with van der Waals surface area (Å²) in [5, 5.41) is 2.82. The summed E-state index contributed by atoms with van der Waals surface area (Å²) in [7, 11) is 1.33. The quantitative estimate of drug-likeness (QED) is 0.653. The number of carbonyl (C=O) groups is 1. The monoisotopic (exact) mass is 393 g/mol. The number of amides is 1. The van der Waals surface area contributed by atoms with Gasteiger partial charge in [0.25, 0.3) is 5.91 Å². The highest BCUT2D eigenvalue weighted by molar-refractivity contribution is 5.94. The number of quaternary nitrogens is 1. The van der Waals surface area contributed by atoms with Crippen molar-refractivity contribution in [1.29, 1.82) is 0 Å². The van der Waals surface area contributed by atoms with Gasteiger partial charge in [-0.2, -0.15) is 8.78 Å². The van der Waals surface area contributed by atoms with Gasteiger partial charge in [0, 0.05) is 17.7 Å². The minimum Gasteiger partial charge on any atom is -0.493 e. The average Bonchev–Trinajstić information content (AvgIpc) is 2.71. The number of halogens is 2. The van der Waals surface area contributed by atoms with E-state index in [1.165, 1.54) is 35.8 Å². The van der Waals surface area contributed by atoms with Gasteiger partial charge >= 0.3 is 6.61 Å². The lowest BCUT2D eigenvalue weighted by molar-refractivity contribution is -0.910. The van der Waals surface area contributed by atoms with Gasteiger partial charge < -0.3 is 19.7 Å². The van der Waals surface area contributed by atoms with Gasteiger partial charge in [-0.15, -0.1) is 0 Å². The summed E-state index contributed by atoms with van der Waals surface area (Å²) in [6.45, 7) is 4.90. The molecule has 1 amide bonds. The Kier molecular flexibility index (Phi) is 8.19. The molecular weight excluding hydrogens is 366 g/mol. The van der Waals surface area contributed by atoms with E-state index in [0.29, 0.717) is 12.1 Å². The molecule has 2 rings (SSSR count). The topological polar surface area (TPSA) is 52.0 Å². The number of methoxy groups -OCH3 is 1. The maximum absolute atomic E-state index is 12.4. The molecule has 0 heterocycles. The summed E-state index contributed by atoms with van der Waals surface area (Å²) in [4.78, 5) is 13.9. The molecule has 7 heteroatoms. The Morgan fingerprint density at radius 1 is 1.04 bits per heavy atom. The van der Waals surface area contributed by atoms with E-state index < -0.39 is 6.61 Å². The normalized spacial score (nSPS) is 11.0. The molecule has 0 aliphatic carbocycles. The number of benzene rings is 2. The van der Waals surface area contributed by atoms with Gasteiger partial charge in [-0.05, 0) is 37.6 Å². The van der Waals surface area contributed by atoms with Crippen molar-refractivity contribution in [3.63, 3.8) is 0 Å². The molecule has 152 valence electrons. The molecule has 0 atom stereocenters.